The summed E-state index contributed by atoms with van der Waals surface area (Å²) in [5.41, 5.74) is 2.05. The average Bonchev–Trinajstić information content (AvgIpc) is 3.31. The molecule has 1 fully saturated rings. The largest absolute Gasteiger partial charge is 0.497 e. The maximum Gasteiger partial charge on any atom is 0.322 e. The van der Waals surface area contributed by atoms with Crippen LogP contribution < -0.4 is 14.8 Å². The number of ether oxygens (including phenoxy) is 2. The molecule has 1 aliphatic rings. The summed E-state index contributed by atoms with van der Waals surface area (Å²) in [6.45, 7) is 2.79. The Hall–Kier alpha value is -2.14. The fourth-order valence-electron chi connectivity index (χ4n) is 2.01. The average molecular weight is 285 g/mol. The van der Waals surface area contributed by atoms with Crippen LogP contribution >= 0.6 is 0 Å². The molecule has 2 aromatic rings. The van der Waals surface area contributed by atoms with Crippen LogP contribution in [0.5, 0.6) is 17.5 Å². The van der Waals surface area contributed by atoms with E-state index in [4.69, 9.17) is 9.47 Å². The van der Waals surface area contributed by atoms with Crippen molar-refractivity contribution in [2.45, 2.75) is 32.4 Å². The van der Waals surface area contributed by atoms with Crippen molar-refractivity contribution in [3.8, 4) is 17.5 Å². The van der Waals surface area contributed by atoms with Crippen LogP contribution in [0.4, 0.5) is 0 Å². The lowest BCUT2D eigenvalue weighted by atomic mass is 10.2. The van der Waals surface area contributed by atoms with Crippen molar-refractivity contribution in [3.05, 3.63) is 41.7 Å². The van der Waals surface area contributed by atoms with Crippen LogP contribution in [-0.4, -0.2) is 23.1 Å². The smallest absolute Gasteiger partial charge is 0.322 e. The highest BCUT2D eigenvalue weighted by molar-refractivity contribution is 5.34. The number of aryl methyl sites for hydroxylation is 1. The number of benzene rings is 1. The van der Waals surface area contributed by atoms with Crippen molar-refractivity contribution in [1.82, 2.24) is 15.3 Å². The molecule has 1 N–H and O–H groups in total. The van der Waals surface area contributed by atoms with Crippen molar-refractivity contribution in [2.24, 2.45) is 0 Å². The molecule has 0 amide bonds. The summed E-state index contributed by atoms with van der Waals surface area (Å²) < 4.78 is 10.8. The van der Waals surface area contributed by atoms with Crippen molar-refractivity contribution in [2.75, 3.05) is 7.11 Å². The molecule has 0 radical (unpaired) electrons. The first-order chi connectivity index (χ1) is 10.2. The highest BCUT2D eigenvalue weighted by Gasteiger charge is 2.20. The second kappa shape index (κ2) is 6.10. The van der Waals surface area contributed by atoms with E-state index in [0.717, 1.165) is 23.6 Å². The summed E-state index contributed by atoms with van der Waals surface area (Å²) in [5.74, 6) is 1.41. The van der Waals surface area contributed by atoms with E-state index in [-0.39, 0.29) is 0 Å². The second-order valence-corrected chi connectivity index (χ2v) is 5.20. The zero-order chi connectivity index (χ0) is 14.7. The first kappa shape index (κ1) is 13.8. The molecule has 21 heavy (non-hydrogen) atoms. The van der Waals surface area contributed by atoms with Gasteiger partial charge in [0.2, 0.25) is 0 Å². The number of nitrogens with zero attached hydrogens (tertiary/aromatic N) is 2. The molecule has 3 rings (SSSR count). The van der Waals surface area contributed by atoms with Gasteiger partial charge in [-0.15, -0.1) is 0 Å². The van der Waals surface area contributed by atoms with Crippen molar-refractivity contribution in [3.63, 3.8) is 0 Å². The van der Waals surface area contributed by atoms with Gasteiger partial charge in [0.25, 0.3) is 0 Å². The Balaban J connectivity index is 1.68. The summed E-state index contributed by atoms with van der Waals surface area (Å²) in [4.78, 5) is 8.68. The van der Waals surface area contributed by atoms with E-state index in [0.29, 0.717) is 17.8 Å². The van der Waals surface area contributed by atoms with Gasteiger partial charge >= 0.3 is 6.01 Å². The van der Waals surface area contributed by atoms with Crippen LogP contribution in [0.1, 0.15) is 24.1 Å². The molecular weight excluding hydrogens is 266 g/mol. The molecule has 1 aromatic carbocycles. The van der Waals surface area contributed by atoms with Gasteiger partial charge in [-0.05, 0) is 31.9 Å². The fraction of sp³-hybridized carbons (Fsp3) is 0.375. The zero-order valence-electron chi connectivity index (χ0n) is 12.3. The number of hydrogen-bond donors (Lipinski definition) is 1. The van der Waals surface area contributed by atoms with Crippen LogP contribution in [-0.2, 0) is 6.54 Å². The first-order valence-electron chi connectivity index (χ1n) is 7.12. The van der Waals surface area contributed by atoms with Crippen LogP contribution in [0.15, 0.2) is 30.5 Å². The van der Waals surface area contributed by atoms with E-state index in [1.54, 1.807) is 13.2 Å². The molecule has 1 saturated carbocycles. The number of aromatic nitrogens is 2. The highest BCUT2D eigenvalue weighted by atomic mass is 16.5. The Morgan fingerprint density at radius 2 is 2.10 bits per heavy atom. The van der Waals surface area contributed by atoms with Crippen LogP contribution in [0, 0.1) is 6.92 Å². The van der Waals surface area contributed by atoms with Gasteiger partial charge in [0, 0.05) is 36.1 Å². The predicted molar refractivity (Wildman–Crippen MR) is 79.7 cm³/mol. The van der Waals surface area contributed by atoms with Crippen molar-refractivity contribution >= 4 is 0 Å². The highest BCUT2D eigenvalue weighted by Crippen LogP contribution is 2.23. The SMILES string of the molecule is COc1cccc(Oc2ncc(CNC3CC3)c(C)n2)c1. The van der Waals surface area contributed by atoms with Gasteiger partial charge in [-0.25, -0.2) is 4.98 Å². The molecule has 0 aliphatic heterocycles. The van der Waals surface area contributed by atoms with Crippen LogP contribution in [0.25, 0.3) is 0 Å². The van der Waals surface area contributed by atoms with Gasteiger partial charge in [0.05, 0.1) is 7.11 Å². The number of rotatable bonds is 6. The minimum Gasteiger partial charge on any atom is -0.497 e. The molecule has 1 aliphatic carbocycles. The lowest BCUT2D eigenvalue weighted by Crippen LogP contribution is -2.16. The summed E-state index contributed by atoms with van der Waals surface area (Å²) in [7, 11) is 1.63. The summed E-state index contributed by atoms with van der Waals surface area (Å²) >= 11 is 0. The number of hydrogen-bond acceptors (Lipinski definition) is 5. The van der Waals surface area contributed by atoms with E-state index in [9.17, 15) is 0 Å². The molecule has 0 atom stereocenters. The predicted octanol–water partition coefficient (Wildman–Crippen LogP) is 2.84. The molecule has 1 aromatic heterocycles. The van der Waals surface area contributed by atoms with Gasteiger partial charge in [-0.1, -0.05) is 6.07 Å². The maximum atomic E-state index is 5.67. The molecule has 1 heterocycles. The van der Waals surface area contributed by atoms with Crippen LogP contribution in [0.2, 0.25) is 0 Å². The van der Waals surface area contributed by atoms with Gasteiger partial charge < -0.3 is 14.8 Å². The van der Waals surface area contributed by atoms with E-state index < -0.39 is 0 Å². The molecule has 0 spiro atoms. The molecule has 110 valence electrons. The van der Waals surface area contributed by atoms with Gasteiger partial charge in [-0.3, -0.25) is 0 Å². The summed E-state index contributed by atoms with van der Waals surface area (Å²) in [5, 5.41) is 3.46. The minimum absolute atomic E-state index is 0.357. The molecule has 0 saturated heterocycles. The van der Waals surface area contributed by atoms with E-state index in [1.807, 2.05) is 31.3 Å². The molecular formula is C16H19N3O2. The Morgan fingerprint density at radius 1 is 1.29 bits per heavy atom. The summed E-state index contributed by atoms with van der Waals surface area (Å²) in [6.07, 6.45) is 4.38. The Labute approximate surface area is 124 Å². The van der Waals surface area contributed by atoms with E-state index in [2.05, 4.69) is 15.3 Å². The minimum atomic E-state index is 0.357. The maximum absolute atomic E-state index is 5.67. The number of nitrogens with one attached hydrogen (secondary N) is 1. The van der Waals surface area contributed by atoms with E-state index in [1.165, 1.54) is 12.8 Å². The Kier molecular flexibility index (Phi) is 4.01. The normalized spacial score (nSPS) is 14.0. The molecule has 0 unspecified atom stereocenters. The lowest BCUT2D eigenvalue weighted by Gasteiger charge is -2.09. The Bertz CT molecular complexity index is 627. The van der Waals surface area contributed by atoms with Gasteiger partial charge in [0.1, 0.15) is 11.5 Å². The third kappa shape index (κ3) is 3.70. The van der Waals surface area contributed by atoms with E-state index >= 15 is 0 Å². The number of methoxy groups -OCH3 is 1. The van der Waals surface area contributed by atoms with Gasteiger partial charge in [0.15, 0.2) is 0 Å². The summed E-state index contributed by atoms with van der Waals surface area (Å²) in [6, 6.07) is 8.43. The monoisotopic (exact) mass is 285 g/mol. The molecule has 0 bridgehead atoms. The second-order valence-electron chi connectivity index (χ2n) is 5.20. The fourth-order valence-corrected chi connectivity index (χ4v) is 2.01. The lowest BCUT2D eigenvalue weighted by molar-refractivity contribution is 0.403. The zero-order valence-corrected chi connectivity index (χ0v) is 12.3. The molecule has 5 nitrogen and oxygen atoms in total. The third-order valence-electron chi connectivity index (χ3n) is 3.47. The van der Waals surface area contributed by atoms with Crippen molar-refractivity contribution in [1.29, 1.82) is 0 Å². The third-order valence-corrected chi connectivity index (χ3v) is 3.47. The molecule has 5 heteroatoms. The quantitative estimate of drug-likeness (QED) is 0.884. The van der Waals surface area contributed by atoms with Crippen molar-refractivity contribution < 1.29 is 9.47 Å². The van der Waals surface area contributed by atoms with Gasteiger partial charge in [-0.2, -0.15) is 4.98 Å². The Morgan fingerprint density at radius 3 is 2.81 bits per heavy atom. The standard InChI is InChI=1S/C16H19N3O2/c1-11-12(9-17-13-6-7-13)10-18-16(19-11)21-15-5-3-4-14(8-15)20-2/h3-5,8,10,13,17H,6-7,9H2,1-2H3. The first-order valence-corrected chi connectivity index (χ1v) is 7.12. The van der Waals surface area contributed by atoms with Crippen LogP contribution in [0.3, 0.4) is 0 Å². The topological polar surface area (TPSA) is 56.3 Å².